The van der Waals surface area contributed by atoms with Crippen molar-refractivity contribution in [1.29, 1.82) is 0 Å². The van der Waals surface area contributed by atoms with Gasteiger partial charge in [0.25, 0.3) is 0 Å². The van der Waals surface area contributed by atoms with Crippen LogP contribution in [0.4, 0.5) is 0 Å². The van der Waals surface area contributed by atoms with Crippen molar-refractivity contribution in [2.75, 3.05) is 20.8 Å². The SMILES string of the molecule is COC(CN1C(=S)NC(C)(C)CC1(C)C)OC. The molecule has 1 rings (SSSR count). The number of rotatable bonds is 4. The van der Waals surface area contributed by atoms with Crippen LogP contribution in [-0.4, -0.2) is 48.1 Å². The maximum atomic E-state index is 5.44. The van der Waals surface area contributed by atoms with Gasteiger partial charge in [0.05, 0.1) is 6.54 Å². The molecule has 1 saturated heterocycles. The molecule has 4 nitrogen and oxygen atoms in total. The van der Waals surface area contributed by atoms with E-state index in [9.17, 15) is 0 Å². The van der Waals surface area contributed by atoms with Crippen molar-refractivity contribution in [3.8, 4) is 0 Å². The van der Waals surface area contributed by atoms with E-state index < -0.39 is 0 Å². The summed E-state index contributed by atoms with van der Waals surface area (Å²) in [4.78, 5) is 2.14. The van der Waals surface area contributed by atoms with Crippen molar-refractivity contribution in [2.45, 2.75) is 51.5 Å². The van der Waals surface area contributed by atoms with E-state index in [1.54, 1.807) is 14.2 Å². The number of hydrogen-bond donors (Lipinski definition) is 1. The molecule has 0 aromatic carbocycles. The van der Waals surface area contributed by atoms with Gasteiger partial charge in [-0.05, 0) is 46.3 Å². The van der Waals surface area contributed by atoms with Crippen molar-refractivity contribution >= 4 is 17.3 Å². The molecule has 1 N–H and O–H groups in total. The summed E-state index contributed by atoms with van der Waals surface area (Å²) in [5.74, 6) is 0. The second kappa shape index (κ2) is 5.08. The molecular formula is C12H24N2O2S. The van der Waals surface area contributed by atoms with Crippen molar-refractivity contribution in [3.05, 3.63) is 0 Å². The van der Waals surface area contributed by atoms with Gasteiger partial charge in [-0.3, -0.25) is 0 Å². The van der Waals surface area contributed by atoms with Gasteiger partial charge in [-0.1, -0.05) is 0 Å². The Balaban J connectivity index is 2.81. The quantitative estimate of drug-likeness (QED) is 0.615. The predicted molar refractivity (Wildman–Crippen MR) is 73.0 cm³/mol. The summed E-state index contributed by atoms with van der Waals surface area (Å²) in [6.07, 6.45) is 0.760. The highest BCUT2D eigenvalue weighted by Gasteiger charge is 2.41. The van der Waals surface area contributed by atoms with E-state index in [-0.39, 0.29) is 17.4 Å². The fourth-order valence-corrected chi connectivity index (χ4v) is 3.18. The summed E-state index contributed by atoms with van der Waals surface area (Å²) >= 11 is 5.44. The zero-order valence-electron chi connectivity index (χ0n) is 11.7. The molecule has 0 atom stereocenters. The maximum Gasteiger partial charge on any atom is 0.174 e. The van der Waals surface area contributed by atoms with Crippen LogP contribution in [0.1, 0.15) is 34.1 Å². The Bertz CT molecular complexity index is 288. The van der Waals surface area contributed by atoms with Gasteiger partial charge in [0.15, 0.2) is 11.4 Å². The zero-order chi connectivity index (χ0) is 13.3. The lowest BCUT2D eigenvalue weighted by Gasteiger charge is -2.51. The Labute approximate surface area is 110 Å². The minimum absolute atomic E-state index is 0.00113. The van der Waals surface area contributed by atoms with Gasteiger partial charge in [-0.15, -0.1) is 0 Å². The van der Waals surface area contributed by atoms with Gasteiger partial charge in [-0.25, -0.2) is 0 Å². The second-order valence-electron chi connectivity index (χ2n) is 5.81. The summed E-state index contributed by atoms with van der Waals surface area (Å²) in [6.45, 7) is 9.38. The van der Waals surface area contributed by atoms with E-state index in [1.165, 1.54) is 0 Å². The fraction of sp³-hybridized carbons (Fsp3) is 0.917. The number of hydrogen-bond acceptors (Lipinski definition) is 3. The molecule has 1 aliphatic heterocycles. The van der Waals surface area contributed by atoms with Crippen LogP contribution >= 0.6 is 12.2 Å². The Morgan fingerprint density at radius 1 is 1.29 bits per heavy atom. The van der Waals surface area contributed by atoms with Gasteiger partial charge in [0, 0.05) is 25.3 Å². The Morgan fingerprint density at radius 3 is 2.24 bits per heavy atom. The fourth-order valence-electron chi connectivity index (χ4n) is 2.58. The molecule has 0 spiro atoms. The average molecular weight is 260 g/mol. The summed E-state index contributed by atoms with van der Waals surface area (Å²) in [5, 5.41) is 4.13. The molecule has 0 bridgehead atoms. The Kier molecular flexibility index (Phi) is 4.38. The first kappa shape index (κ1) is 14.7. The highest BCUT2D eigenvalue weighted by Crippen LogP contribution is 2.31. The lowest BCUT2D eigenvalue weighted by atomic mass is 9.83. The van der Waals surface area contributed by atoms with Gasteiger partial charge >= 0.3 is 0 Å². The molecule has 17 heavy (non-hydrogen) atoms. The van der Waals surface area contributed by atoms with Crippen molar-refractivity contribution in [2.24, 2.45) is 0 Å². The highest BCUT2D eigenvalue weighted by atomic mass is 32.1. The molecule has 0 aromatic rings. The summed E-state index contributed by atoms with van der Waals surface area (Å²) in [5.41, 5.74) is 0.0356. The predicted octanol–water partition coefficient (Wildman–Crippen LogP) is 1.74. The molecule has 100 valence electrons. The summed E-state index contributed by atoms with van der Waals surface area (Å²) in [7, 11) is 3.29. The monoisotopic (exact) mass is 260 g/mol. The number of thiocarbonyl (C=S) groups is 1. The molecule has 0 amide bonds. The normalized spacial score (nSPS) is 22.8. The molecule has 1 heterocycles. The van der Waals surface area contributed by atoms with Crippen LogP contribution in [0.3, 0.4) is 0 Å². The van der Waals surface area contributed by atoms with Crippen LogP contribution in [-0.2, 0) is 9.47 Å². The van der Waals surface area contributed by atoms with Gasteiger partial charge in [0.2, 0.25) is 0 Å². The van der Waals surface area contributed by atoms with Crippen molar-refractivity contribution < 1.29 is 9.47 Å². The van der Waals surface area contributed by atoms with Crippen LogP contribution in [0.5, 0.6) is 0 Å². The highest BCUT2D eigenvalue weighted by molar-refractivity contribution is 7.80. The molecule has 0 unspecified atom stereocenters. The molecule has 1 aliphatic rings. The number of nitrogens with zero attached hydrogens (tertiary/aromatic N) is 1. The Morgan fingerprint density at radius 2 is 1.82 bits per heavy atom. The third-order valence-electron chi connectivity index (χ3n) is 3.15. The average Bonchev–Trinajstić information content (AvgIpc) is 2.14. The standard InChI is InChI=1S/C12H24N2O2S/c1-11(2)8-12(3,4)14(10(17)13-11)7-9(15-5)16-6/h9H,7-8H2,1-6H3,(H,13,17). The third-order valence-corrected chi connectivity index (χ3v) is 3.48. The number of methoxy groups -OCH3 is 2. The molecule has 0 radical (unpaired) electrons. The van der Waals surface area contributed by atoms with Crippen LogP contribution in [0, 0.1) is 0 Å². The van der Waals surface area contributed by atoms with E-state index in [0.717, 1.165) is 11.5 Å². The smallest absolute Gasteiger partial charge is 0.174 e. The third kappa shape index (κ3) is 3.53. The first-order valence-corrected chi connectivity index (χ1v) is 6.28. The topological polar surface area (TPSA) is 33.7 Å². The molecule has 1 fully saturated rings. The minimum Gasteiger partial charge on any atom is -0.358 e. The lowest BCUT2D eigenvalue weighted by Crippen LogP contribution is -2.66. The van der Waals surface area contributed by atoms with E-state index in [4.69, 9.17) is 21.7 Å². The first-order chi connectivity index (χ1) is 7.72. The number of nitrogens with one attached hydrogen (secondary N) is 1. The van der Waals surface area contributed by atoms with Crippen LogP contribution < -0.4 is 5.32 Å². The zero-order valence-corrected chi connectivity index (χ0v) is 12.5. The van der Waals surface area contributed by atoms with Crippen LogP contribution in [0.15, 0.2) is 0 Å². The summed E-state index contributed by atoms with van der Waals surface area (Å²) < 4.78 is 10.5. The van der Waals surface area contributed by atoms with Gasteiger partial charge in [0.1, 0.15) is 0 Å². The van der Waals surface area contributed by atoms with Crippen molar-refractivity contribution in [3.63, 3.8) is 0 Å². The largest absolute Gasteiger partial charge is 0.358 e. The molecule has 0 saturated carbocycles. The molecule has 0 aromatic heterocycles. The molecular weight excluding hydrogens is 236 g/mol. The van der Waals surface area contributed by atoms with E-state index in [2.05, 4.69) is 37.9 Å². The summed E-state index contributed by atoms with van der Waals surface area (Å²) in [6, 6.07) is 0. The van der Waals surface area contributed by atoms with Crippen LogP contribution in [0.25, 0.3) is 0 Å². The van der Waals surface area contributed by atoms with Crippen molar-refractivity contribution in [1.82, 2.24) is 10.2 Å². The second-order valence-corrected chi connectivity index (χ2v) is 6.20. The maximum absolute atomic E-state index is 5.44. The Hall–Kier alpha value is -0.390. The van der Waals surface area contributed by atoms with E-state index >= 15 is 0 Å². The van der Waals surface area contributed by atoms with Gasteiger partial charge in [-0.2, -0.15) is 0 Å². The number of ether oxygens (including phenoxy) is 2. The lowest BCUT2D eigenvalue weighted by molar-refractivity contribution is -0.119. The van der Waals surface area contributed by atoms with E-state index in [1.807, 2.05) is 0 Å². The molecule has 0 aliphatic carbocycles. The minimum atomic E-state index is -0.254. The molecule has 5 heteroatoms. The van der Waals surface area contributed by atoms with Crippen LogP contribution in [0.2, 0.25) is 0 Å². The van der Waals surface area contributed by atoms with E-state index in [0.29, 0.717) is 6.54 Å². The first-order valence-electron chi connectivity index (χ1n) is 5.87. The van der Waals surface area contributed by atoms with Gasteiger partial charge < -0.3 is 19.7 Å².